The predicted molar refractivity (Wildman–Crippen MR) is 65.4 cm³/mol. The maximum Gasteiger partial charge on any atom is 0.332 e. The smallest absolute Gasteiger partial charge is 0.332 e. The van der Waals surface area contributed by atoms with Gasteiger partial charge in [-0.25, -0.2) is 4.79 Å². The van der Waals surface area contributed by atoms with Gasteiger partial charge in [0.05, 0.1) is 0 Å². The van der Waals surface area contributed by atoms with Gasteiger partial charge in [-0.1, -0.05) is 18.2 Å². The Bertz CT molecular complexity index is 446. The second-order valence-corrected chi connectivity index (χ2v) is 4.26. The van der Waals surface area contributed by atoms with Gasteiger partial charge in [-0.15, -0.1) is 0 Å². The summed E-state index contributed by atoms with van der Waals surface area (Å²) in [5.74, 6) is -1.21. The van der Waals surface area contributed by atoms with Crippen LogP contribution in [0.2, 0.25) is 0 Å². The van der Waals surface area contributed by atoms with Crippen LogP contribution in [-0.4, -0.2) is 36.2 Å². The number of hydrogen-bond acceptors (Lipinski definition) is 3. The van der Waals surface area contributed by atoms with Crippen LogP contribution in [0, 0.1) is 0 Å². The molecular formula is C13H15NO4. The number of carbonyl (C=O) groups is 2. The fourth-order valence-electron chi connectivity index (χ4n) is 2.00. The molecule has 0 unspecified atom stereocenters. The molecule has 5 heteroatoms. The van der Waals surface area contributed by atoms with Crippen molar-refractivity contribution in [2.75, 3.05) is 11.9 Å². The molecule has 2 atom stereocenters. The van der Waals surface area contributed by atoms with Crippen molar-refractivity contribution < 1.29 is 19.4 Å². The Labute approximate surface area is 105 Å². The lowest BCUT2D eigenvalue weighted by Gasteiger charge is -2.21. The van der Waals surface area contributed by atoms with Crippen LogP contribution in [0.25, 0.3) is 0 Å². The third kappa shape index (κ3) is 2.51. The van der Waals surface area contributed by atoms with Gasteiger partial charge in [0.15, 0.2) is 6.10 Å². The van der Waals surface area contributed by atoms with Crippen LogP contribution in [-0.2, 0) is 14.3 Å². The first-order chi connectivity index (χ1) is 8.59. The molecule has 0 saturated carbocycles. The van der Waals surface area contributed by atoms with Gasteiger partial charge in [0, 0.05) is 12.7 Å². The SMILES string of the molecule is CN(C(=O)[C@@H]1CC[C@H](C(=O)O)O1)c1ccccc1. The van der Waals surface area contributed by atoms with Crippen molar-refractivity contribution in [3.8, 4) is 0 Å². The number of carboxylic acid groups (broad SMARTS) is 1. The van der Waals surface area contributed by atoms with Gasteiger partial charge in [-0.3, -0.25) is 4.79 Å². The van der Waals surface area contributed by atoms with Gasteiger partial charge in [0.1, 0.15) is 6.10 Å². The Balaban J connectivity index is 2.02. The molecule has 5 nitrogen and oxygen atoms in total. The second-order valence-electron chi connectivity index (χ2n) is 4.26. The number of hydrogen-bond donors (Lipinski definition) is 1. The minimum absolute atomic E-state index is 0.204. The van der Waals surface area contributed by atoms with E-state index in [1.165, 1.54) is 4.90 Å². The van der Waals surface area contributed by atoms with Crippen molar-refractivity contribution in [2.45, 2.75) is 25.0 Å². The van der Waals surface area contributed by atoms with Crippen molar-refractivity contribution in [3.63, 3.8) is 0 Å². The van der Waals surface area contributed by atoms with E-state index in [1.54, 1.807) is 7.05 Å². The number of nitrogens with zero attached hydrogens (tertiary/aromatic N) is 1. The molecule has 1 aliphatic heterocycles. The number of para-hydroxylation sites is 1. The van der Waals surface area contributed by atoms with E-state index in [9.17, 15) is 9.59 Å². The zero-order chi connectivity index (χ0) is 13.1. The summed E-state index contributed by atoms with van der Waals surface area (Å²) >= 11 is 0. The Morgan fingerprint density at radius 3 is 2.39 bits per heavy atom. The molecule has 1 aromatic carbocycles. The summed E-state index contributed by atoms with van der Waals surface area (Å²) < 4.78 is 5.24. The Morgan fingerprint density at radius 1 is 1.22 bits per heavy atom. The number of amides is 1. The molecule has 0 aromatic heterocycles. The van der Waals surface area contributed by atoms with Crippen molar-refractivity contribution in [1.82, 2.24) is 0 Å². The molecule has 1 heterocycles. The molecule has 0 radical (unpaired) electrons. The second kappa shape index (κ2) is 5.18. The summed E-state index contributed by atoms with van der Waals surface area (Å²) in [6, 6.07) is 9.20. The normalized spacial score (nSPS) is 22.7. The van der Waals surface area contributed by atoms with Crippen molar-refractivity contribution in [3.05, 3.63) is 30.3 Å². The van der Waals surface area contributed by atoms with E-state index < -0.39 is 18.2 Å². The largest absolute Gasteiger partial charge is 0.479 e. The lowest BCUT2D eigenvalue weighted by molar-refractivity contribution is -0.151. The Hall–Kier alpha value is -1.88. The van der Waals surface area contributed by atoms with Crippen LogP contribution >= 0.6 is 0 Å². The van der Waals surface area contributed by atoms with Crippen LogP contribution in [0.4, 0.5) is 5.69 Å². The van der Waals surface area contributed by atoms with Crippen LogP contribution in [0.3, 0.4) is 0 Å². The summed E-state index contributed by atoms with van der Waals surface area (Å²) in [7, 11) is 1.66. The van der Waals surface area contributed by atoms with Gasteiger partial charge >= 0.3 is 5.97 Å². The number of anilines is 1. The zero-order valence-electron chi connectivity index (χ0n) is 10.1. The number of benzene rings is 1. The van der Waals surface area contributed by atoms with E-state index in [0.29, 0.717) is 12.8 Å². The van der Waals surface area contributed by atoms with E-state index in [2.05, 4.69) is 0 Å². The topological polar surface area (TPSA) is 66.8 Å². The summed E-state index contributed by atoms with van der Waals surface area (Å²) in [5, 5.41) is 8.82. The molecule has 1 aliphatic rings. The Kier molecular flexibility index (Phi) is 3.62. The third-order valence-electron chi connectivity index (χ3n) is 3.04. The third-order valence-corrected chi connectivity index (χ3v) is 3.04. The molecule has 0 spiro atoms. The molecule has 96 valence electrons. The Morgan fingerprint density at radius 2 is 1.83 bits per heavy atom. The van der Waals surface area contributed by atoms with Gasteiger partial charge in [-0.05, 0) is 25.0 Å². The number of likely N-dealkylation sites (N-methyl/N-ethyl adjacent to an activating group) is 1. The number of aliphatic carboxylic acids is 1. The molecule has 0 bridgehead atoms. The minimum Gasteiger partial charge on any atom is -0.479 e. The van der Waals surface area contributed by atoms with E-state index >= 15 is 0 Å². The van der Waals surface area contributed by atoms with Crippen LogP contribution in [0.5, 0.6) is 0 Å². The fraction of sp³-hybridized carbons (Fsp3) is 0.385. The van der Waals surface area contributed by atoms with E-state index in [1.807, 2.05) is 30.3 Å². The van der Waals surface area contributed by atoms with Crippen LogP contribution < -0.4 is 4.90 Å². The van der Waals surface area contributed by atoms with Crippen LogP contribution in [0.1, 0.15) is 12.8 Å². The minimum atomic E-state index is -1.01. The van der Waals surface area contributed by atoms with E-state index in [4.69, 9.17) is 9.84 Å². The average Bonchev–Trinajstić information content (AvgIpc) is 2.88. The van der Waals surface area contributed by atoms with Crippen molar-refractivity contribution in [2.24, 2.45) is 0 Å². The standard InChI is InChI=1S/C13H15NO4/c1-14(9-5-3-2-4-6-9)12(15)10-7-8-11(18-10)13(16)17/h2-6,10-11H,7-8H2,1H3,(H,16,17)/t10-,11+/m0/s1. The quantitative estimate of drug-likeness (QED) is 0.876. The summed E-state index contributed by atoms with van der Waals surface area (Å²) in [4.78, 5) is 24.4. The molecule has 18 heavy (non-hydrogen) atoms. The van der Waals surface area contributed by atoms with E-state index in [0.717, 1.165) is 5.69 Å². The summed E-state index contributed by atoms with van der Waals surface area (Å²) in [5.41, 5.74) is 0.768. The molecular weight excluding hydrogens is 234 g/mol. The molecule has 1 aromatic rings. The highest BCUT2D eigenvalue weighted by molar-refractivity contribution is 5.96. The molecule has 1 amide bonds. The van der Waals surface area contributed by atoms with E-state index in [-0.39, 0.29) is 5.91 Å². The van der Waals surface area contributed by atoms with Gasteiger partial charge < -0.3 is 14.7 Å². The highest BCUT2D eigenvalue weighted by Crippen LogP contribution is 2.23. The van der Waals surface area contributed by atoms with Gasteiger partial charge in [0.25, 0.3) is 5.91 Å². The first-order valence-corrected chi connectivity index (χ1v) is 5.80. The number of ether oxygens (including phenoxy) is 1. The number of rotatable bonds is 3. The lowest BCUT2D eigenvalue weighted by atomic mass is 10.1. The molecule has 1 N–H and O–H groups in total. The maximum atomic E-state index is 12.1. The van der Waals surface area contributed by atoms with Crippen molar-refractivity contribution in [1.29, 1.82) is 0 Å². The molecule has 0 aliphatic carbocycles. The predicted octanol–water partition coefficient (Wildman–Crippen LogP) is 1.28. The van der Waals surface area contributed by atoms with Gasteiger partial charge in [-0.2, -0.15) is 0 Å². The maximum absolute atomic E-state index is 12.1. The fourth-order valence-corrected chi connectivity index (χ4v) is 2.00. The van der Waals surface area contributed by atoms with Gasteiger partial charge in [0.2, 0.25) is 0 Å². The molecule has 1 saturated heterocycles. The van der Waals surface area contributed by atoms with Crippen LogP contribution in [0.15, 0.2) is 30.3 Å². The highest BCUT2D eigenvalue weighted by atomic mass is 16.5. The molecule has 1 fully saturated rings. The lowest BCUT2D eigenvalue weighted by Crippen LogP contribution is -2.37. The summed E-state index contributed by atoms with van der Waals surface area (Å²) in [6.45, 7) is 0. The number of carboxylic acids is 1. The first-order valence-electron chi connectivity index (χ1n) is 5.80. The highest BCUT2D eigenvalue weighted by Gasteiger charge is 2.36. The average molecular weight is 249 g/mol. The molecule has 2 rings (SSSR count). The van der Waals surface area contributed by atoms with Crippen molar-refractivity contribution >= 4 is 17.6 Å². The summed E-state index contributed by atoms with van der Waals surface area (Å²) in [6.07, 6.45) is -0.680. The monoisotopic (exact) mass is 249 g/mol. The number of carbonyl (C=O) groups excluding carboxylic acids is 1. The first kappa shape index (κ1) is 12.6. The zero-order valence-corrected chi connectivity index (χ0v) is 10.1.